The van der Waals surface area contributed by atoms with Gasteiger partial charge in [-0.15, -0.1) is 6.58 Å². The third kappa shape index (κ3) is 68.5. The summed E-state index contributed by atoms with van der Waals surface area (Å²) in [5, 5.41) is 0. The van der Waals surface area contributed by atoms with E-state index >= 15 is 0 Å². The fraction of sp³-hybridized carbons (Fsp3) is 0.400. The summed E-state index contributed by atoms with van der Waals surface area (Å²) in [6, 6.07) is 0. The van der Waals surface area contributed by atoms with Gasteiger partial charge < -0.3 is 4.43 Å². The summed E-state index contributed by atoms with van der Waals surface area (Å²) in [6.07, 6.45) is 3.69. The molecule has 0 bridgehead atoms. The van der Waals surface area contributed by atoms with Gasteiger partial charge in [-0.1, -0.05) is 6.08 Å². The summed E-state index contributed by atoms with van der Waals surface area (Å²) in [6.45, 7) is 24.3. The summed E-state index contributed by atoms with van der Waals surface area (Å²) >= 11 is 0. The largest absolute Gasteiger partial charge is 0 e. The van der Waals surface area contributed by atoms with Crippen molar-refractivity contribution in [3.63, 3.8) is 0 Å². The molecule has 0 rings (SSSR count). The van der Waals surface area contributed by atoms with Crippen LogP contribution in [0.2, 0.25) is 19.6 Å². The van der Waals surface area contributed by atoms with Crippen molar-refractivity contribution in [1.29, 1.82) is 0 Å². The molecule has 2 radical (unpaired) electrons. The maximum Gasteiger partial charge on any atom is 0 e. The van der Waals surface area contributed by atoms with Gasteiger partial charge in [0.15, 0.2) is 8.32 Å². The van der Waals surface area contributed by atoms with Crippen LogP contribution in [0, 0.1) is 26.4 Å². The zero-order chi connectivity index (χ0) is 13.3. The Morgan fingerprint density at radius 1 is 1.06 bits per heavy atom. The molecule has 0 fully saturated rings. The summed E-state index contributed by atoms with van der Waals surface area (Å²) in [7, 11) is -1.27. The van der Waals surface area contributed by atoms with Crippen molar-refractivity contribution in [2.75, 3.05) is 6.61 Å². The molecule has 0 spiro atoms. The van der Waals surface area contributed by atoms with Crippen molar-refractivity contribution in [3.8, 4) is 0 Å². The molecular formula is C10H15CoO4Si. The first kappa shape index (κ1) is 29.6. The van der Waals surface area contributed by atoms with Gasteiger partial charge in [0.2, 0.25) is 0 Å². The minimum Gasteiger partial charge on any atom is 0 e. The Morgan fingerprint density at radius 3 is 1.56 bits per heavy atom. The summed E-state index contributed by atoms with van der Waals surface area (Å²) in [4.78, 5) is 0. The van der Waals surface area contributed by atoms with Crippen LogP contribution in [0.3, 0.4) is 0 Å². The van der Waals surface area contributed by atoms with E-state index in [0.29, 0.717) is 0 Å². The van der Waals surface area contributed by atoms with Gasteiger partial charge in [0.05, 0.1) is 0 Å². The maximum absolute atomic E-state index is 7.50. The maximum atomic E-state index is 7.50. The minimum absolute atomic E-state index is 0. The number of rotatable bonds is 4. The van der Waals surface area contributed by atoms with Gasteiger partial charge in [0.1, 0.15) is 0 Å². The van der Waals surface area contributed by atoms with Crippen molar-refractivity contribution >= 4 is 8.32 Å². The zero-order valence-electron chi connectivity index (χ0n) is 9.54. The van der Waals surface area contributed by atoms with Crippen molar-refractivity contribution in [2.45, 2.75) is 19.6 Å². The molecule has 0 aliphatic carbocycles. The van der Waals surface area contributed by atoms with E-state index in [4.69, 9.17) is 18.4 Å². The van der Waals surface area contributed by atoms with Crippen molar-refractivity contribution in [3.05, 3.63) is 39.0 Å². The first-order chi connectivity index (χ1) is 7.06. The Kier molecular flexibility index (Phi) is 54.2. The molecule has 0 N–H and O–H groups in total. The fourth-order valence-corrected chi connectivity index (χ4v) is 0.962. The van der Waals surface area contributed by atoms with E-state index in [1.54, 1.807) is 6.08 Å². The molecule has 0 saturated heterocycles. The van der Waals surface area contributed by atoms with Crippen LogP contribution in [0.25, 0.3) is 0 Å². The van der Waals surface area contributed by atoms with Gasteiger partial charge in [-0.2, -0.15) is 0 Å². The van der Waals surface area contributed by atoms with Crippen LogP contribution in [-0.4, -0.2) is 14.9 Å². The normalized spacial score (nSPS) is 6.81. The Balaban J connectivity index is -0.0000000498. The Hall–Kier alpha value is -0.357. The monoisotopic (exact) mass is 286 g/mol. The topological polar surface area (TPSA) is 68.9 Å². The first-order valence-corrected chi connectivity index (χ1v) is 7.16. The van der Waals surface area contributed by atoms with Gasteiger partial charge in [-0.25, -0.2) is 0 Å². The molecule has 0 aliphatic rings. The zero-order valence-corrected chi connectivity index (χ0v) is 11.6. The van der Waals surface area contributed by atoms with Crippen LogP contribution in [-0.2, 0) is 35.2 Å². The van der Waals surface area contributed by atoms with Crippen molar-refractivity contribution in [1.82, 2.24) is 0 Å². The van der Waals surface area contributed by atoms with Crippen LogP contribution < -0.4 is 0 Å². The van der Waals surface area contributed by atoms with E-state index in [1.165, 1.54) is 0 Å². The molecule has 0 aromatic carbocycles. The Morgan fingerprint density at radius 2 is 1.38 bits per heavy atom. The molecule has 0 heterocycles. The quantitative estimate of drug-likeness (QED) is 0.338. The second kappa shape index (κ2) is 29.3. The van der Waals surface area contributed by atoms with E-state index in [0.717, 1.165) is 6.61 Å². The van der Waals surface area contributed by atoms with Gasteiger partial charge in [-0.05, 0) is 19.6 Å². The second-order valence-corrected chi connectivity index (χ2v) is 7.41. The van der Waals surface area contributed by atoms with Crippen LogP contribution in [0.15, 0.2) is 12.7 Å². The summed E-state index contributed by atoms with van der Waals surface area (Å²) < 4.78 is 28.0. The van der Waals surface area contributed by atoms with E-state index in [9.17, 15) is 0 Å². The molecule has 0 atom stereocenters. The van der Waals surface area contributed by atoms with Crippen molar-refractivity contribution < 1.29 is 35.2 Å². The standard InChI is InChI=1S/C7H15OSi.3CO.Co/c1-5-6-7-8-9(2,3)4;3*1-2;/h5-6H,1,7H2,2-4H3;;;;. The van der Waals surface area contributed by atoms with Crippen LogP contribution in [0.4, 0.5) is 0 Å². The molecule has 92 valence electrons. The summed E-state index contributed by atoms with van der Waals surface area (Å²) in [5.74, 6) is 0. The van der Waals surface area contributed by atoms with Gasteiger partial charge in [-0.3, -0.25) is 0 Å². The number of hydrogen-bond donors (Lipinski definition) is 0. The average Bonchev–Trinajstić information content (AvgIpc) is 2.25. The Bertz CT molecular complexity index is 167. The SMILES string of the molecule is C=C[CH]CO[Si](C)(C)C.[C-]#[O+].[C-]#[O+].[C-]#[O+].[Co]. The molecule has 0 unspecified atom stereocenters. The van der Waals surface area contributed by atoms with Gasteiger partial charge >= 0.3 is 33.9 Å². The van der Waals surface area contributed by atoms with Crippen LogP contribution in [0.1, 0.15) is 0 Å². The molecule has 0 saturated carbocycles. The third-order valence-electron chi connectivity index (χ3n) is 0.779. The van der Waals surface area contributed by atoms with Gasteiger partial charge in [0, 0.05) is 29.8 Å². The van der Waals surface area contributed by atoms with E-state index in [1.807, 2.05) is 6.42 Å². The molecule has 0 amide bonds. The van der Waals surface area contributed by atoms with Crippen LogP contribution in [0.5, 0.6) is 0 Å². The van der Waals surface area contributed by atoms with E-state index in [2.05, 4.69) is 46.2 Å². The van der Waals surface area contributed by atoms with E-state index in [-0.39, 0.29) is 16.8 Å². The van der Waals surface area contributed by atoms with Crippen molar-refractivity contribution in [2.24, 2.45) is 0 Å². The molecular weight excluding hydrogens is 271 g/mol. The predicted molar refractivity (Wildman–Crippen MR) is 55.6 cm³/mol. The molecule has 0 aromatic rings. The van der Waals surface area contributed by atoms with Crippen LogP contribution >= 0.6 is 0 Å². The molecule has 16 heavy (non-hydrogen) atoms. The predicted octanol–water partition coefficient (Wildman–Crippen LogP) is 2.11. The fourth-order valence-electron chi connectivity index (χ4n) is 0.366. The minimum atomic E-state index is -1.27. The molecule has 6 heteroatoms. The third-order valence-corrected chi connectivity index (χ3v) is 1.81. The van der Waals surface area contributed by atoms with Gasteiger partial charge in [0.25, 0.3) is 0 Å². The second-order valence-electron chi connectivity index (χ2n) is 2.89. The molecule has 4 nitrogen and oxygen atoms in total. The summed E-state index contributed by atoms with van der Waals surface area (Å²) in [5.41, 5.74) is 0. The first-order valence-electron chi connectivity index (χ1n) is 3.76. The average molecular weight is 286 g/mol. The number of hydrogen-bond acceptors (Lipinski definition) is 1. The molecule has 0 aliphatic heterocycles. The Labute approximate surface area is 109 Å². The smallest absolute Gasteiger partial charge is 0 e. The van der Waals surface area contributed by atoms with E-state index < -0.39 is 8.32 Å². The molecule has 0 aromatic heterocycles.